The predicted octanol–water partition coefficient (Wildman–Crippen LogP) is 4.31. The van der Waals surface area contributed by atoms with Gasteiger partial charge in [-0.05, 0) is 63.9 Å². The van der Waals surface area contributed by atoms with Crippen molar-refractivity contribution in [1.29, 1.82) is 0 Å². The second-order valence-electron chi connectivity index (χ2n) is 9.61. The molecule has 4 aromatic carbocycles. The van der Waals surface area contributed by atoms with Crippen LogP contribution in [-0.4, -0.2) is 35.6 Å². The third kappa shape index (κ3) is 3.25. The zero-order valence-corrected chi connectivity index (χ0v) is 19.9. The third-order valence-electron chi connectivity index (χ3n) is 7.23. The molecule has 0 heterocycles. The summed E-state index contributed by atoms with van der Waals surface area (Å²) in [5, 5.41) is 6.25. The van der Waals surface area contributed by atoms with E-state index in [-0.39, 0.29) is 24.1 Å². The summed E-state index contributed by atoms with van der Waals surface area (Å²) >= 11 is 0. The Kier molecular flexibility index (Phi) is 4.83. The first-order chi connectivity index (χ1) is 17.3. The number of nitrogens with one attached hydrogen (secondary N) is 1. The van der Waals surface area contributed by atoms with Crippen LogP contribution in [0.2, 0.25) is 0 Å². The van der Waals surface area contributed by atoms with Gasteiger partial charge in [0.15, 0.2) is 11.6 Å². The Morgan fingerprint density at radius 2 is 1.22 bits per heavy atom. The summed E-state index contributed by atoms with van der Waals surface area (Å²) in [5.74, 6) is -1.12. The van der Waals surface area contributed by atoms with Crippen LogP contribution in [-0.2, 0) is 27.2 Å². The molecule has 6 nitrogen and oxygen atoms in total. The van der Waals surface area contributed by atoms with Crippen LogP contribution in [0.1, 0.15) is 56.8 Å². The predicted molar refractivity (Wildman–Crippen MR) is 135 cm³/mol. The summed E-state index contributed by atoms with van der Waals surface area (Å²) in [6, 6.07) is 18.7. The average Bonchev–Trinajstić information content (AvgIpc) is 3.21. The minimum absolute atomic E-state index is 0.174. The van der Waals surface area contributed by atoms with Crippen molar-refractivity contribution in [2.24, 2.45) is 0 Å². The summed E-state index contributed by atoms with van der Waals surface area (Å²) in [6.07, 6.45) is 0.602. The van der Waals surface area contributed by atoms with Gasteiger partial charge in [-0.1, -0.05) is 36.4 Å². The highest BCUT2D eigenvalue weighted by atomic mass is 16.5. The summed E-state index contributed by atoms with van der Waals surface area (Å²) in [6.45, 7) is 3.33. The number of fused-ring (bicyclic) bond motifs is 5. The number of hydrogen-bond acceptors (Lipinski definition) is 5. The molecule has 4 aromatic rings. The second kappa shape index (κ2) is 7.85. The lowest BCUT2D eigenvalue weighted by Gasteiger charge is -2.27. The number of carbonyl (C=O) groups is 4. The molecule has 36 heavy (non-hydrogen) atoms. The number of benzene rings is 4. The molecule has 6 heteroatoms. The molecule has 178 valence electrons. The van der Waals surface area contributed by atoms with Gasteiger partial charge in [-0.15, -0.1) is 0 Å². The standard InChI is InChI=1S/C30H23NO5/c1-3-36-29(35)30(31-16(2)32)14-21-8-19-12-25-26(13-20(19)9-22(21)15-30)28(34)24-11-18-7-5-4-6-17(18)10-23(24)27(25)33/h4-13H,3,14-15H2,1-2H3,(H,31,32). The van der Waals surface area contributed by atoms with Crippen molar-refractivity contribution in [2.45, 2.75) is 32.2 Å². The largest absolute Gasteiger partial charge is 0.464 e. The molecule has 0 aliphatic heterocycles. The van der Waals surface area contributed by atoms with Crippen molar-refractivity contribution in [3.05, 3.63) is 94.0 Å². The molecule has 0 fully saturated rings. The molecule has 1 amide bonds. The third-order valence-corrected chi connectivity index (χ3v) is 7.23. The molecular weight excluding hydrogens is 454 g/mol. The maximum atomic E-state index is 13.5. The van der Waals surface area contributed by atoms with E-state index in [4.69, 9.17) is 4.74 Å². The monoisotopic (exact) mass is 477 g/mol. The molecule has 2 aliphatic rings. The molecule has 0 saturated heterocycles. The Hall–Kier alpha value is -4.32. The molecule has 0 aromatic heterocycles. The smallest absolute Gasteiger partial charge is 0.332 e. The Labute approximate surface area is 207 Å². The van der Waals surface area contributed by atoms with E-state index in [0.717, 1.165) is 32.7 Å². The lowest BCUT2D eigenvalue weighted by molar-refractivity contribution is -0.152. The van der Waals surface area contributed by atoms with Crippen molar-refractivity contribution in [3.8, 4) is 0 Å². The number of carbonyl (C=O) groups excluding carboxylic acids is 4. The van der Waals surface area contributed by atoms with Gasteiger partial charge in [-0.25, -0.2) is 4.79 Å². The zero-order chi connectivity index (χ0) is 25.2. The first kappa shape index (κ1) is 22.2. The Bertz CT molecular complexity index is 1560. The molecule has 0 radical (unpaired) electrons. The van der Waals surface area contributed by atoms with Crippen LogP contribution in [0.3, 0.4) is 0 Å². The Morgan fingerprint density at radius 3 is 1.64 bits per heavy atom. The number of esters is 1. The highest BCUT2D eigenvalue weighted by Gasteiger charge is 2.46. The second-order valence-corrected chi connectivity index (χ2v) is 9.61. The Morgan fingerprint density at radius 1 is 0.778 bits per heavy atom. The minimum Gasteiger partial charge on any atom is -0.464 e. The van der Waals surface area contributed by atoms with Crippen LogP contribution in [0.25, 0.3) is 21.5 Å². The number of ether oxygens (including phenoxy) is 1. The molecule has 0 saturated carbocycles. The van der Waals surface area contributed by atoms with Gasteiger partial charge in [0.25, 0.3) is 0 Å². The molecule has 0 bridgehead atoms. The molecule has 6 rings (SSSR count). The van der Waals surface area contributed by atoms with Gasteiger partial charge in [0.1, 0.15) is 5.54 Å². The van der Waals surface area contributed by atoms with Crippen LogP contribution in [0.4, 0.5) is 0 Å². The highest BCUT2D eigenvalue weighted by molar-refractivity contribution is 6.30. The lowest BCUT2D eigenvalue weighted by Crippen LogP contribution is -2.55. The quantitative estimate of drug-likeness (QED) is 0.391. The first-order valence-electron chi connectivity index (χ1n) is 12.0. The van der Waals surface area contributed by atoms with Crippen molar-refractivity contribution in [2.75, 3.05) is 6.61 Å². The molecule has 0 atom stereocenters. The number of ketones is 2. The van der Waals surface area contributed by atoms with Crippen molar-refractivity contribution < 1.29 is 23.9 Å². The zero-order valence-electron chi connectivity index (χ0n) is 19.9. The Balaban J connectivity index is 1.47. The maximum absolute atomic E-state index is 13.5. The van der Waals surface area contributed by atoms with E-state index in [2.05, 4.69) is 5.32 Å². The summed E-state index contributed by atoms with van der Waals surface area (Å²) < 4.78 is 5.29. The van der Waals surface area contributed by atoms with E-state index in [1.165, 1.54) is 6.92 Å². The number of hydrogen-bond donors (Lipinski definition) is 1. The van der Waals surface area contributed by atoms with Gasteiger partial charge in [0.2, 0.25) is 5.91 Å². The molecular formula is C30H23NO5. The normalized spacial score (nSPS) is 15.4. The SMILES string of the molecule is CCOC(=O)C1(NC(C)=O)Cc2cc3cc4c(cc3cc2C1)C(=O)c1cc2ccccc2cc1C4=O. The van der Waals surface area contributed by atoms with Gasteiger partial charge >= 0.3 is 5.97 Å². The molecule has 0 unspecified atom stereocenters. The first-order valence-corrected chi connectivity index (χ1v) is 12.0. The van der Waals surface area contributed by atoms with Gasteiger partial charge in [0.05, 0.1) is 6.61 Å². The van der Waals surface area contributed by atoms with E-state index >= 15 is 0 Å². The fourth-order valence-corrected chi connectivity index (χ4v) is 5.66. The molecule has 1 N–H and O–H groups in total. The molecule has 2 aliphatic carbocycles. The van der Waals surface area contributed by atoms with Crippen LogP contribution in [0, 0.1) is 0 Å². The van der Waals surface area contributed by atoms with Gasteiger partial charge in [0, 0.05) is 42.0 Å². The van der Waals surface area contributed by atoms with E-state index in [1.54, 1.807) is 31.2 Å². The minimum atomic E-state index is -1.16. The highest BCUT2D eigenvalue weighted by Crippen LogP contribution is 2.37. The molecule has 0 spiro atoms. The van der Waals surface area contributed by atoms with Crippen LogP contribution < -0.4 is 5.32 Å². The fraction of sp³-hybridized carbons (Fsp3) is 0.200. The average molecular weight is 478 g/mol. The summed E-state index contributed by atoms with van der Waals surface area (Å²) in [7, 11) is 0. The van der Waals surface area contributed by atoms with Gasteiger partial charge < -0.3 is 10.1 Å². The van der Waals surface area contributed by atoms with Gasteiger partial charge in [-0.2, -0.15) is 0 Å². The summed E-state index contributed by atoms with van der Waals surface area (Å²) in [4.78, 5) is 51.8. The van der Waals surface area contributed by atoms with Crippen LogP contribution >= 0.6 is 0 Å². The van der Waals surface area contributed by atoms with Gasteiger partial charge in [-0.3, -0.25) is 14.4 Å². The maximum Gasteiger partial charge on any atom is 0.332 e. The van der Waals surface area contributed by atoms with Crippen molar-refractivity contribution in [3.63, 3.8) is 0 Å². The fourth-order valence-electron chi connectivity index (χ4n) is 5.66. The topological polar surface area (TPSA) is 89.5 Å². The summed E-state index contributed by atoms with van der Waals surface area (Å²) in [5.41, 5.74) is 2.25. The number of amides is 1. The van der Waals surface area contributed by atoms with E-state index in [0.29, 0.717) is 35.1 Å². The van der Waals surface area contributed by atoms with Crippen LogP contribution in [0.5, 0.6) is 0 Å². The van der Waals surface area contributed by atoms with Crippen molar-refractivity contribution >= 4 is 45.0 Å². The van der Waals surface area contributed by atoms with E-state index < -0.39 is 11.5 Å². The van der Waals surface area contributed by atoms with E-state index in [9.17, 15) is 19.2 Å². The lowest BCUT2D eigenvalue weighted by atomic mass is 9.81. The van der Waals surface area contributed by atoms with Crippen LogP contribution in [0.15, 0.2) is 60.7 Å². The van der Waals surface area contributed by atoms with E-state index in [1.807, 2.05) is 36.4 Å². The van der Waals surface area contributed by atoms with Crippen molar-refractivity contribution in [1.82, 2.24) is 5.32 Å². The number of rotatable bonds is 3.